The van der Waals surface area contributed by atoms with Gasteiger partial charge < -0.3 is 5.11 Å². The number of carbonyl (C=O) groups is 1. The smallest absolute Gasteiger partial charge is 0.306 e. The van der Waals surface area contributed by atoms with Gasteiger partial charge in [0, 0.05) is 0 Å². The molecule has 0 saturated heterocycles. The molecule has 0 aliphatic carbocycles. The van der Waals surface area contributed by atoms with Gasteiger partial charge in [-0.05, 0) is 12.8 Å². The maximum atomic E-state index is 10.9. The second kappa shape index (κ2) is 10.0. The van der Waals surface area contributed by atoms with E-state index >= 15 is 0 Å². The predicted molar refractivity (Wildman–Crippen MR) is 63.7 cm³/mol. The average molecular weight is 213 g/mol. The maximum Gasteiger partial charge on any atom is 0.306 e. The molecule has 15 heavy (non-hydrogen) atoms. The first-order chi connectivity index (χ1) is 7.22. The van der Waals surface area contributed by atoms with Crippen LogP contribution in [0.15, 0.2) is 0 Å². The van der Waals surface area contributed by atoms with Crippen LogP contribution in [0.5, 0.6) is 0 Å². The fraction of sp³-hybridized carbons (Fsp3) is 0.846. The van der Waals surface area contributed by atoms with Gasteiger partial charge in [0.25, 0.3) is 0 Å². The third-order valence-electron chi connectivity index (χ3n) is 2.81. The summed E-state index contributed by atoms with van der Waals surface area (Å²) >= 11 is 0. The van der Waals surface area contributed by atoms with Gasteiger partial charge >= 0.3 is 5.97 Å². The van der Waals surface area contributed by atoms with Gasteiger partial charge in [0.1, 0.15) is 0 Å². The van der Waals surface area contributed by atoms with Crippen LogP contribution in [-0.2, 0) is 4.79 Å². The molecule has 1 N–H and O–H groups in total. The molecule has 0 bridgehead atoms. The first-order valence-electron chi connectivity index (χ1n) is 6.24. The van der Waals surface area contributed by atoms with Gasteiger partial charge in [-0.3, -0.25) is 4.79 Å². The summed E-state index contributed by atoms with van der Waals surface area (Å²) in [5.41, 5.74) is 0. The summed E-state index contributed by atoms with van der Waals surface area (Å²) in [5.74, 6) is -0.757. The van der Waals surface area contributed by atoms with Crippen molar-refractivity contribution < 1.29 is 9.90 Å². The van der Waals surface area contributed by atoms with Crippen LogP contribution in [0.2, 0.25) is 0 Å². The van der Waals surface area contributed by atoms with Gasteiger partial charge in [-0.25, -0.2) is 0 Å². The molecule has 0 fully saturated rings. The van der Waals surface area contributed by atoms with E-state index < -0.39 is 5.97 Å². The zero-order chi connectivity index (χ0) is 11.5. The van der Waals surface area contributed by atoms with E-state index in [4.69, 9.17) is 5.11 Å². The van der Waals surface area contributed by atoms with Crippen LogP contribution >= 0.6 is 0 Å². The Balaban J connectivity index is 3.53. The number of hydrogen-bond acceptors (Lipinski definition) is 1. The molecule has 1 radical (unpaired) electrons. The fourth-order valence-corrected chi connectivity index (χ4v) is 1.78. The van der Waals surface area contributed by atoms with Crippen molar-refractivity contribution in [3.63, 3.8) is 0 Å². The van der Waals surface area contributed by atoms with E-state index in [0.29, 0.717) is 0 Å². The van der Waals surface area contributed by atoms with Gasteiger partial charge in [-0.1, -0.05) is 58.8 Å². The summed E-state index contributed by atoms with van der Waals surface area (Å²) in [7, 11) is 0. The quantitative estimate of drug-likeness (QED) is 0.556. The molecular weight excluding hydrogens is 188 g/mol. The van der Waals surface area contributed by atoms with Gasteiger partial charge in [0.2, 0.25) is 0 Å². The molecule has 0 aliphatic heterocycles. The molecule has 0 aromatic carbocycles. The Morgan fingerprint density at radius 1 is 1.13 bits per heavy atom. The van der Waals surface area contributed by atoms with E-state index in [0.717, 1.165) is 32.1 Å². The Kier molecular flexibility index (Phi) is 9.65. The molecule has 0 aromatic heterocycles. The zero-order valence-electron chi connectivity index (χ0n) is 10.0. The van der Waals surface area contributed by atoms with Gasteiger partial charge in [0.15, 0.2) is 0 Å². The molecule has 0 heterocycles. The van der Waals surface area contributed by atoms with Crippen molar-refractivity contribution in [1.82, 2.24) is 0 Å². The topological polar surface area (TPSA) is 37.3 Å². The number of rotatable bonds is 10. The molecule has 0 spiro atoms. The number of hydrogen-bond donors (Lipinski definition) is 1. The largest absolute Gasteiger partial charge is 0.481 e. The van der Waals surface area contributed by atoms with Crippen molar-refractivity contribution >= 4 is 5.97 Å². The summed E-state index contributed by atoms with van der Waals surface area (Å²) in [6, 6.07) is 0. The fourth-order valence-electron chi connectivity index (χ4n) is 1.78. The van der Waals surface area contributed by atoms with Crippen molar-refractivity contribution in [3.8, 4) is 0 Å². The van der Waals surface area contributed by atoms with Crippen molar-refractivity contribution in [2.24, 2.45) is 5.92 Å². The van der Waals surface area contributed by atoms with Crippen LogP contribution in [0.25, 0.3) is 0 Å². The molecule has 1 unspecified atom stereocenters. The van der Waals surface area contributed by atoms with Crippen molar-refractivity contribution in [2.75, 3.05) is 0 Å². The highest BCUT2D eigenvalue weighted by Gasteiger charge is 2.15. The van der Waals surface area contributed by atoms with Crippen molar-refractivity contribution in [1.29, 1.82) is 0 Å². The molecule has 0 amide bonds. The second-order valence-electron chi connectivity index (χ2n) is 4.23. The molecule has 1 atom stereocenters. The molecule has 0 aromatic rings. The van der Waals surface area contributed by atoms with E-state index in [2.05, 4.69) is 13.8 Å². The summed E-state index contributed by atoms with van der Waals surface area (Å²) in [5, 5.41) is 8.98. The average Bonchev–Trinajstić information content (AvgIpc) is 2.21. The van der Waals surface area contributed by atoms with E-state index in [-0.39, 0.29) is 5.92 Å². The lowest BCUT2D eigenvalue weighted by Gasteiger charge is -2.11. The minimum absolute atomic E-state index is 0.131. The Bertz CT molecular complexity index is 155. The van der Waals surface area contributed by atoms with E-state index in [1.54, 1.807) is 0 Å². The van der Waals surface area contributed by atoms with Gasteiger partial charge in [0.05, 0.1) is 5.92 Å². The Morgan fingerprint density at radius 2 is 1.73 bits per heavy atom. The Hall–Kier alpha value is -0.530. The van der Waals surface area contributed by atoms with E-state index in [1.807, 2.05) is 0 Å². The van der Waals surface area contributed by atoms with Crippen LogP contribution in [-0.4, -0.2) is 11.1 Å². The van der Waals surface area contributed by atoms with Crippen LogP contribution in [0.4, 0.5) is 0 Å². The predicted octanol–water partition coefficient (Wildman–Crippen LogP) is 4.05. The van der Waals surface area contributed by atoms with Crippen LogP contribution in [0.1, 0.15) is 64.7 Å². The number of unbranched alkanes of at least 4 members (excludes halogenated alkanes) is 5. The highest BCUT2D eigenvalue weighted by molar-refractivity contribution is 5.69. The molecule has 0 aliphatic rings. The standard InChI is InChI=1S/C13H25O2/c1-3-5-7-8-9-11-12(13(14)15)10-6-4-2/h12H,2-11H2,1H3,(H,14,15). The highest BCUT2D eigenvalue weighted by atomic mass is 16.4. The summed E-state index contributed by atoms with van der Waals surface area (Å²) in [6.07, 6.45) is 9.44. The zero-order valence-corrected chi connectivity index (χ0v) is 10.0. The summed E-state index contributed by atoms with van der Waals surface area (Å²) < 4.78 is 0. The monoisotopic (exact) mass is 213 g/mol. The maximum absolute atomic E-state index is 10.9. The van der Waals surface area contributed by atoms with Crippen LogP contribution < -0.4 is 0 Å². The number of carboxylic acids is 1. The lowest BCUT2D eigenvalue weighted by Crippen LogP contribution is -2.13. The van der Waals surface area contributed by atoms with Crippen molar-refractivity contribution in [2.45, 2.75) is 64.7 Å². The Morgan fingerprint density at radius 3 is 2.27 bits per heavy atom. The SMILES string of the molecule is [CH2]CCCC(CCCCCCC)C(=O)O. The van der Waals surface area contributed by atoms with E-state index in [1.165, 1.54) is 25.7 Å². The lowest BCUT2D eigenvalue weighted by atomic mass is 9.95. The molecule has 2 heteroatoms. The highest BCUT2D eigenvalue weighted by Crippen LogP contribution is 2.17. The number of carboxylic acid groups (broad SMARTS) is 1. The third kappa shape index (κ3) is 8.46. The van der Waals surface area contributed by atoms with E-state index in [9.17, 15) is 4.79 Å². The minimum Gasteiger partial charge on any atom is -0.481 e. The molecule has 0 saturated carbocycles. The molecule has 0 rings (SSSR count). The minimum atomic E-state index is -0.626. The molecule has 89 valence electrons. The summed E-state index contributed by atoms with van der Waals surface area (Å²) in [4.78, 5) is 10.9. The van der Waals surface area contributed by atoms with Crippen LogP contribution in [0, 0.1) is 12.8 Å². The first kappa shape index (κ1) is 14.5. The summed E-state index contributed by atoms with van der Waals surface area (Å²) in [6.45, 7) is 5.93. The molecular formula is C13H25O2. The van der Waals surface area contributed by atoms with Gasteiger partial charge in [-0.15, -0.1) is 0 Å². The lowest BCUT2D eigenvalue weighted by molar-refractivity contribution is -0.142. The normalized spacial score (nSPS) is 12.7. The third-order valence-corrected chi connectivity index (χ3v) is 2.81. The van der Waals surface area contributed by atoms with Crippen molar-refractivity contribution in [3.05, 3.63) is 6.92 Å². The van der Waals surface area contributed by atoms with Crippen LogP contribution in [0.3, 0.4) is 0 Å². The Labute approximate surface area is 94.1 Å². The number of aliphatic carboxylic acids is 1. The first-order valence-corrected chi connectivity index (χ1v) is 6.24. The molecule has 2 nitrogen and oxygen atoms in total. The second-order valence-corrected chi connectivity index (χ2v) is 4.23. The van der Waals surface area contributed by atoms with Gasteiger partial charge in [-0.2, -0.15) is 0 Å².